The van der Waals surface area contributed by atoms with E-state index in [9.17, 15) is 14.0 Å². The van der Waals surface area contributed by atoms with Gasteiger partial charge in [0.15, 0.2) is 11.6 Å². The van der Waals surface area contributed by atoms with E-state index in [1.165, 1.54) is 6.07 Å². The summed E-state index contributed by atoms with van der Waals surface area (Å²) in [5.74, 6) is -1.19. The Kier molecular flexibility index (Phi) is 7.32. The molecular formula is C33H31F2N7O2. The van der Waals surface area contributed by atoms with Crippen LogP contribution in [0.4, 0.5) is 31.8 Å². The Morgan fingerprint density at radius 2 is 1.43 bits per heavy atom. The summed E-state index contributed by atoms with van der Waals surface area (Å²) in [7, 11) is 0. The summed E-state index contributed by atoms with van der Waals surface area (Å²) in [6.07, 6.45) is 1.97. The van der Waals surface area contributed by atoms with Gasteiger partial charge in [-0.15, -0.1) is 0 Å². The SMILES string of the molecule is Cc1ccc(NC(=O)C2(C(=O)Nc3ccc(Nc4ncc(F)c(-c5cc(F)c6nc(C)n(C(C)C)c6c5)n4)cc3)CC2)cc1. The second kappa shape index (κ2) is 11.1. The van der Waals surface area contributed by atoms with E-state index in [0.717, 1.165) is 11.8 Å². The maximum atomic E-state index is 15.0. The van der Waals surface area contributed by atoms with Crippen molar-refractivity contribution in [3.05, 3.63) is 89.9 Å². The summed E-state index contributed by atoms with van der Waals surface area (Å²) < 4.78 is 31.8. The van der Waals surface area contributed by atoms with E-state index < -0.39 is 17.0 Å². The Morgan fingerprint density at radius 1 is 0.841 bits per heavy atom. The highest BCUT2D eigenvalue weighted by atomic mass is 19.1. The first kappa shape index (κ1) is 28.9. The van der Waals surface area contributed by atoms with Gasteiger partial charge in [0.25, 0.3) is 0 Å². The van der Waals surface area contributed by atoms with E-state index in [0.29, 0.717) is 41.2 Å². The summed E-state index contributed by atoms with van der Waals surface area (Å²) in [5.41, 5.74) is 2.68. The highest BCUT2D eigenvalue weighted by molar-refractivity contribution is 6.16. The van der Waals surface area contributed by atoms with Crippen molar-refractivity contribution in [1.29, 1.82) is 0 Å². The van der Waals surface area contributed by atoms with Crippen LogP contribution in [0.5, 0.6) is 0 Å². The fourth-order valence-electron chi connectivity index (χ4n) is 5.27. The number of rotatable bonds is 8. The van der Waals surface area contributed by atoms with Crippen LogP contribution in [0.2, 0.25) is 0 Å². The van der Waals surface area contributed by atoms with Gasteiger partial charge < -0.3 is 20.5 Å². The number of amides is 2. The highest BCUT2D eigenvalue weighted by Crippen LogP contribution is 2.47. The average molecular weight is 596 g/mol. The van der Waals surface area contributed by atoms with Crippen molar-refractivity contribution in [2.75, 3.05) is 16.0 Å². The third kappa shape index (κ3) is 5.48. The number of hydrogen-bond donors (Lipinski definition) is 3. The minimum atomic E-state index is -1.10. The fraction of sp³-hybridized carbons (Fsp3) is 0.242. The number of imidazole rings is 1. The van der Waals surface area contributed by atoms with E-state index in [4.69, 9.17) is 0 Å². The summed E-state index contributed by atoms with van der Waals surface area (Å²) in [5, 5.41) is 8.70. The Balaban J connectivity index is 1.16. The molecule has 5 aromatic rings. The third-order valence-electron chi connectivity index (χ3n) is 7.79. The van der Waals surface area contributed by atoms with Gasteiger partial charge in [-0.1, -0.05) is 17.7 Å². The van der Waals surface area contributed by atoms with E-state index in [1.54, 1.807) is 49.4 Å². The number of hydrogen-bond acceptors (Lipinski definition) is 6. The van der Waals surface area contributed by atoms with Crippen molar-refractivity contribution in [2.45, 2.75) is 46.6 Å². The predicted octanol–water partition coefficient (Wildman–Crippen LogP) is 7.07. The average Bonchev–Trinajstić information content (AvgIpc) is 3.73. The van der Waals surface area contributed by atoms with Gasteiger partial charge in [0.2, 0.25) is 17.8 Å². The third-order valence-corrected chi connectivity index (χ3v) is 7.79. The molecule has 0 bridgehead atoms. The molecule has 2 heterocycles. The Hall–Kier alpha value is -5.19. The van der Waals surface area contributed by atoms with Gasteiger partial charge in [-0.2, -0.15) is 0 Å². The van der Waals surface area contributed by atoms with Gasteiger partial charge in [-0.25, -0.2) is 23.7 Å². The van der Waals surface area contributed by atoms with E-state index in [2.05, 4.69) is 30.9 Å². The lowest BCUT2D eigenvalue weighted by Gasteiger charge is -2.16. The van der Waals surface area contributed by atoms with Crippen molar-refractivity contribution in [3.8, 4) is 11.3 Å². The second-order valence-corrected chi connectivity index (χ2v) is 11.4. The van der Waals surface area contributed by atoms with Gasteiger partial charge in [-0.3, -0.25) is 9.59 Å². The summed E-state index contributed by atoms with van der Waals surface area (Å²) in [4.78, 5) is 38.7. The summed E-state index contributed by atoms with van der Waals surface area (Å²) >= 11 is 0. The first-order chi connectivity index (χ1) is 21.0. The molecule has 2 amide bonds. The lowest BCUT2D eigenvalue weighted by atomic mass is 10.0. The van der Waals surface area contributed by atoms with E-state index in [-0.39, 0.29) is 40.6 Å². The topological polar surface area (TPSA) is 114 Å². The van der Waals surface area contributed by atoms with Crippen molar-refractivity contribution < 1.29 is 18.4 Å². The van der Waals surface area contributed by atoms with Crippen LogP contribution in [0.25, 0.3) is 22.3 Å². The van der Waals surface area contributed by atoms with Gasteiger partial charge in [0, 0.05) is 28.7 Å². The van der Waals surface area contributed by atoms with Gasteiger partial charge >= 0.3 is 0 Å². The van der Waals surface area contributed by atoms with E-state index >= 15 is 4.39 Å². The number of halogens is 2. The number of aryl methyl sites for hydroxylation is 2. The number of nitrogens with zero attached hydrogens (tertiary/aromatic N) is 4. The summed E-state index contributed by atoms with van der Waals surface area (Å²) in [6, 6.07) is 17.1. The lowest BCUT2D eigenvalue weighted by molar-refractivity contribution is -0.131. The number of anilines is 4. The van der Waals surface area contributed by atoms with Crippen LogP contribution in [0, 0.1) is 30.9 Å². The highest BCUT2D eigenvalue weighted by Gasteiger charge is 2.56. The molecule has 2 aromatic heterocycles. The molecule has 6 rings (SSSR count). The Bertz CT molecular complexity index is 1900. The smallest absolute Gasteiger partial charge is 0.240 e. The van der Waals surface area contributed by atoms with Crippen molar-refractivity contribution in [2.24, 2.45) is 5.41 Å². The van der Waals surface area contributed by atoms with Crippen LogP contribution in [-0.2, 0) is 9.59 Å². The molecule has 3 N–H and O–H groups in total. The molecular weight excluding hydrogens is 564 g/mol. The molecule has 0 radical (unpaired) electrons. The van der Waals surface area contributed by atoms with Gasteiger partial charge in [0.05, 0.1) is 11.7 Å². The molecule has 0 atom stereocenters. The molecule has 0 saturated heterocycles. The van der Waals surface area contributed by atoms with Crippen LogP contribution < -0.4 is 16.0 Å². The fourth-order valence-corrected chi connectivity index (χ4v) is 5.27. The molecule has 224 valence electrons. The van der Waals surface area contributed by atoms with Crippen LogP contribution in [0.3, 0.4) is 0 Å². The minimum absolute atomic E-state index is 0.0283. The molecule has 9 nitrogen and oxygen atoms in total. The zero-order valence-corrected chi connectivity index (χ0v) is 24.7. The standard InChI is InChI=1S/C33H31F2N7O2/c1-18(2)42-20(4)37-29-25(34)15-21(16-27(29)42)28-26(35)17-36-32(41-28)40-24-11-9-23(10-12-24)39-31(44)33(13-14-33)30(43)38-22-7-5-19(3)6-8-22/h5-12,15-18H,13-14H2,1-4H3,(H,38,43)(H,39,44)(H,36,40,41). The maximum Gasteiger partial charge on any atom is 0.240 e. The predicted molar refractivity (Wildman–Crippen MR) is 166 cm³/mol. The number of nitrogens with one attached hydrogen (secondary N) is 3. The molecule has 0 aliphatic heterocycles. The van der Waals surface area contributed by atoms with Crippen LogP contribution in [-0.4, -0.2) is 31.3 Å². The minimum Gasteiger partial charge on any atom is -0.326 e. The molecule has 3 aromatic carbocycles. The molecule has 0 unspecified atom stereocenters. The number of fused-ring (bicyclic) bond motifs is 1. The number of benzene rings is 3. The molecule has 0 spiro atoms. The maximum absolute atomic E-state index is 15.0. The molecule has 11 heteroatoms. The van der Waals surface area contributed by atoms with Crippen molar-refractivity contribution in [3.63, 3.8) is 0 Å². The number of carbonyl (C=O) groups is 2. The van der Waals surface area contributed by atoms with E-state index in [1.807, 2.05) is 37.5 Å². The largest absolute Gasteiger partial charge is 0.326 e. The molecule has 1 fully saturated rings. The molecule has 1 saturated carbocycles. The molecule has 1 aliphatic carbocycles. The van der Waals surface area contributed by atoms with Crippen molar-refractivity contribution in [1.82, 2.24) is 19.5 Å². The van der Waals surface area contributed by atoms with Crippen LogP contribution in [0.1, 0.15) is 44.1 Å². The molecule has 44 heavy (non-hydrogen) atoms. The van der Waals surface area contributed by atoms with Crippen molar-refractivity contribution >= 4 is 45.9 Å². The first-order valence-corrected chi connectivity index (χ1v) is 14.3. The first-order valence-electron chi connectivity index (χ1n) is 14.3. The summed E-state index contributed by atoms with van der Waals surface area (Å²) in [6.45, 7) is 7.70. The normalized spacial score (nSPS) is 13.6. The Labute approximate surface area is 252 Å². The van der Waals surface area contributed by atoms with Crippen LogP contribution in [0.15, 0.2) is 66.9 Å². The second-order valence-electron chi connectivity index (χ2n) is 11.4. The van der Waals surface area contributed by atoms with Gasteiger partial charge in [0.1, 0.15) is 22.5 Å². The zero-order chi connectivity index (χ0) is 31.2. The van der Waals surface area contributed by atoms with Crippen LogP contribution >= 0.6 is 0 Å². The van der Waals surface area contributed by atoms with Gasteiger partial charge in [-0.05, 0) is 89.1 Å². The molecule has 1 aliphatic rings. The monoisotopic (exact) mass is 595 g/mol. The Morgan fingerprint density at radius 3 is 2.02 bits per heavy atom. The number of aromatic nitrogens is 4. The quantitative estimate of drug-likeness (QED) is 0.165. The number of carbonyl (C=O) groups excluding carboxylic acids is 2. The zero-order valence-electron chi connectivity index (χ0n) is 24.7. The lowest BCUT2D eigenvalue weighted by Crippen LogP contribution is -2.35.